The van der Waals surface area contributed by atoms with Gasteiger partial charge >= 0.3 is 0 Å². The quantitative estimate of drug-likeness (QED) is 0.162. The van der Waals surface area contributed by atoms with Gasteiger partial charge in [0, 0.05) is 25.2 Å². The lowest BCUT2D eigenvalue weighted by Gasteiger charge is -2.20. The Balaban J connectivity index is 0.000000269. The van der Waals surface area contributed by atoms with E-state index < -0.39 is 5.91 Å². The third kappa shape index (κ3) is 11.8. The van der Waals surface area contributed by atoms with Crippen LogP contribution in [0.2, 0.25) is 0 Å². The molecule has 2 atom stereocenters. The molecule has 3 rings (SSSR count). The number of para-hydroxylation sites is 2. The second kappa shape index (κ2) is 17.3. The Kier molecular flexibility index (Phi) is 14.1. The molecule has 1 saturated heterocycles. The molecule has 2 aromatic rings. The van der Waals surface area contributed by atoms with Crippen LogP contribution in [-0.4, -0.2) is 76.3 Å². The summed E-state index contributed by atoms with van der Waals surface area (Å²) < 4.78 is 2.22. The van der Waals surface area contributed by atoms with Crippen molar-refractivity contribution in [1.82, 2.24) is 24.9 Å². The number of carbonyl (C=O) groups is 2. The van der Waals surface area contributed by atoms with Gasteiger partial charge in [-0.25, -0.2) is 9.29 Å². The van der Waals surface area contributed by atoms with Gasteiger partial charge in [-0.15, -0.1) is 0 Å². The summed E-state index contributed by atoms with van der Waals surface area (Å²) in [5, 5.41) is 19.8. The van der Waals surface area contributed by atoms with Gasteiger partial charge < -0.3 is 15.7 Å². The van der Waals surface area contributed by atoms with Gasteiger partial charge in [-0.2, -0.15) is 0 Å². The molecule has 0 bridgehead atoms. The maximum absolute atomic E-state index is 11.9. The highest BCUT2D eigenvalue weighted by molar-refractivity contribution is 7.99. The Hall–Kier alpha value is -3.28. The van der Waals surface area contributed by atoms with E-state index in [-0.39, 0.29) is 30.3 Å². The van der Waals surface area contributed by atoms with Gasteiger partial charge in [-0.1, -0.05) is 43.2 Å². The lowest BCUT2D eigenvalue weighted by molar-refractivity contribution is -0.740. The SMILES string of the molecule is CC(C)NC(=O)CNC(=O)c1cnc2ccccc2n1.CO/[NH+]=C/C=C\C=C\SN1CCCC(C)C(O)C1. The van der Waals surface area contributed by atoms with Gasteiger partial charge in [0.05, 0.1) is 29.9 Å². The van der Waals surface area contributed by atoms with Crippen LogP contribution in [-0.2, 0) is 9.63 Å². The molecule has 10 nitrogen and oxygen atoms in total. The normalized spacial score (nSPS) is 18.5. The van der Waals surface area contributed by atoms with E-state index in [1.807, 2.05) is 55.7 Å². The van der Waals surface area contributed by atoms with E-state index in [1.165, 1.54) is 6.20 Å². The number of aliphatic hydroxyl groups excluding tert-OH is 1. The molecule has 2 amide bonds. The minimum atomic E-state index is -0.415. The number of benzene rings is 1. The molecule has 0 saturated carbocycles. The van der Waals surface area contributed by atoms with E-state index in [0.717, 1.165) is 31.4 Å². The molecular weight excluding hydrogens is 504 g/mol. The zero-order valence-electron chi connectivity index (χ0n) is 22.5. The molecule has 1 aromatic carbocycles. The number of amides is 2. The Bertz CT molecular complexity index is 1110. The maximum atomic E-state index is 11.9. The molecule has 11 heteroatoms. The number of aromatic nitrogens is 2. The number of carbonyl (C=O) groups excluding carboxylic acids is 2. The van der Waals surface area contributed by atoms with Crippen molar-refractivity contribution < 1.29 is 24.7 Å². The van der Waals surface area contributed by atoms with Crippen molar-refractivity contribution >= 4 is 41.0 Å². The fraction of sp³-hybridized carbons (Fsp3) is 0.444. The van der Waals surface area contributed by atoms with E-state index in [1.54, 1.807) is 31.3 Å². The zero-order chi connectivity index (χ0) is 27.8. The van der Waals surface area contributed by atoms with Crippen LogP contribution in [0.3, 0.4) is 0 Å². The molecule has 2 heterocycles. The summed E-state index contributed by atoms with van der Waals surface area (Å²) in [6.45, 7) is 7.54. The number of allylic oxidation sites excluding steroid dienone is 3. The number of nitrogens with one attached hydrogen (secondary N) is 3. The van der Waals surface area contributed by atoms with Crippen molar-refractivity contribution in [1.29, 1.82) is 0 Å². The molecule has 4 N–H and O–H groups in total. The molecule has 0 aliphatic carbocycles. The number of β-amino-alcohol motifs (C(OH)–C–C–N with tert-alkyl or cyclic N) is 1. The highest BCUT2D eigenvalue weighted by Crippen LogP contribution is 2.22. The lowest BCUT2D eigenvalue weighted by Crippen LogP contribution is -2.66. The van der Waals surface area contributed by atoms with Gasteiger partial charge in [0.2, 0.25) is 12.1 Å². The Morgan fingerprint density at radius 2 is 2.03 bits per heavy atom. The second-order valence-corrected chi connectivity index (χ2v) is 10.0. The van der Waals surface area contributed by atoms with Gasteiger partial charge in [-0.05, 0) is 55.3 Å². The molecule has 0 radical (unpaired) electrons. The fourth-order valence-electron chi connectivity index (χ4n) is 3.44. The summed E-state index contributed by atoms with van der Waals surface area (Å²) in [5.74, 6) is -0.238. The molecule has 1 aliphatic rings. The number of rotatable bonds is 9. The average Bonchev–Trinajstić information content (AvgIpc) is 3.06. The molecule has 1 fully saturated rings. The lowest BCUT2D eigenvalue weighted by atomic mass is 10.0. The zero-order valence-corrected chi connectivity index (χ0v) is 23.3. The molecule has 0 spiro atoms. The van der Waals surface area contributed by atoms with Crippen LogP contribution in [0.5, 0.6) is 0 Å². The van der Waals surface area contributed by atoms with Crippen LogP contribution < -0.4 is 15.8 Å². The topological polar surface area (TPSA) is 131 Å². The van der Waals surface area contributed by atoms with E-state index in [9.17, 15) is 14.7 Å². The summed E-state index contributed by atoms with van der Waals surface area (Å²) in [5.41, 5.74) is 1.56. The molecule has 2 unspecified atom stereocenters. The van der Waals surface area contributed by atoms with E-state index in [2.05, 4.69) is 41.8 Å². The number of aliphatic hydroxyl groups is 1. The molecule has 206 valence electrons. The van der Waals surface area contributed by atoms with Crippen LogP contribution in [0.15, 0.2) is 54.1 Å². The first-order valence-electron chi connectivity index (χ1n) is 12.6. The molecular formula is C27H39N6O4S+. The first-order valence-corrected chi connectivity index (χ1v) is 13.5. The monoisotopic (exact) mass is 543 g/mol. The van der Waals surface area contributed by atoms with Crippen molar-refractivity contribution in [3.05, 3.63) is 59.8 Å². The summed E-state index contributed by atoms with van der Waals surface area (Å²) >= 11 is 1.66. The Labute approximate surface area is 228 Å². The van der Waals surface area contributed by atoms with Gasteiger partial charge in [0.15, 0.2) is 0 Å². The highest BCUT2D eigenvalue weighted by atomic mass is 32.2. The van der Waals surface area contributed by atoms with Crippen molar-refractivity contribution in [2.75, 3.05) is 26.7 Å². The Morgan fingerprint density at radius 3 is 2.76 bits per heavy atom. The van der Waals surface area contributed by atoms with Gasteiger partial charge in [-0.3, -0.25) is 19.4 Å². The molecule has 1 aromatic heterocycles. The fourth-order valence-corrected chi connectivity index (χ4v) is 4.25. The van der Waals surface area contributed by atoms with Crippen molar-refractivity contribution in [2.24, 2.45) is 5.92 Å². The summed E-state index contributed by atoms with van der Waals surface area (Å²) in [6.07, 6.45) is 10.9. The summed E-state index contributed by atoms with van der Waals surface area (Å²) in [4.78, 5) is 36.3. The minimum absolute atomic E-state index is 0.0415. The van der Waals surface area contributed by atoms with Crippen molar-refractivity contribution in [3.63, 3.8) is 0 Å². The number of fused-ring (bicyclic) bond motifs is 1. The van der Waals surface area contributed by atoms with E-state index in [0.29, 0.717) is 11.4 Å². The van der Waals surface area contributed by atoms with Gasteiger partial charge in [0.25, 0.3) is 5.91 Å². The van der Waals surface area contributed by atoms with Crippen LogP contribution in [0, 0.1) is 5.92 Å². The highest BCUT2D eigenvalue weighted by Gasteiger charge is 2.21. The average molecular weight is 544 g/mol. The molecule has 1 aliphatic heterocycles. The van der Waals surface area contributed by atoms with Gasteiger partial charge in [0.1, 0.15) is 12.8 Å². The standard InChI is InChI=1S/C14H16N4O2.C13H22N2O2S/c1-9(2)17-13(19)8-16-14(20)12-7-15-10-5-3-4-6-11(10)18-12;1-12-7-6-9-15(11-13(12)16)18-10-5-3-4-8-14-17-2/h3-7,9H,8H2,1-2H3,(H,16,20)(H,17,19);3-5,8,10,12-13,16H,6-7,9,11H2,1-2H3/p+1/b;4-3-,10-5+,14-8+. The van der Waals surface area contributed by atoms with Crippen LogP contribution in [0.25, 0.3) is 11.0 Å². The van der Waals surface area contributed by atoms with Crippen LogP contribution in [0.4, 0.5) is 0 Å². The first-order chi connectivity index (χ1) is 18.3. The third-order valence-corrected chi connectivity index (χ3v) is 6.36. The number of hydrogen-bond donors (Lipinski definition) is 4. The second-order valence-electron chi connectivity index (χ2n) is 9.03. The van der Waals surface area contributed by atoms with E-state index >= 15 is 0 Å². The predicted molar refractivity (Wildman–Crippen MR) is 151 cm³/mol. The molecule has 38 heavy (non-hydrogen) atoms. The maximum Gasteiger partial charge on any atom is 0.271 e. The summed E-state index contributed by atoms with van der Waals surface area (Å²) in [6, 6.07) is 7.33. The van der Waals surface area contributed by atoms with E-state index in [4.69, 9.17) is 0 Å². The number of nitrogens with zero attached hydrogens (tertiary/aromatic N) is 3. The van der Waals surface area contributed by atoms with Crippen LogP contribution in [0.1, 0.15) is 44.1 Å². The largest absolute Gasteiger partial charge is 0.391 e. The van der Waals surface area contributed by atoms with Crippen molar-refractivity contribution in [3.8, 4) is 0 Å². The Morgan fingerprint density at radius 1 is 1.26 bits per heavy atom. The predicted octanol–water partition coefficient (Wildman–Crippen LogP) is 1.39. The van der Waals surface area contributed by atoms with Crippen molar-refractivity contribution in [2.45, 2.75) is 45.8 Å². The number of hydrogen-bond acceptors (Lipinski definition) is 8. The third-order valence-electron chi connectivity index (χ3n) is 5.45. The van der Waals surface area contributed by atoms with Crippen LogP contribution >= 0.6 is 11.9 Å². The summed E-state index contributed by atoms with van der Waals surface area (Å²) in [7, 11) is 1.57. The smallest absolute Gasteiger partial charge is 0.271 e. The minimum Gasteiger partial charge on any atom is -0.391 e. The first kappa shape index (κ1) is 30.9.